The van der Waals surface area contributed by atoms with Crippen molar-refractivity contribution in [2.75, 3.05) is 18.9 Å². The molecule has 0 aliphatic heterocycles. The van der Waals surface area contributed by atoms with E-state index in [9.17, 15) is 13.2 Å². The lowest BCUT2D eigenvalue weighted by molar-refractivity contribution is 0.102. The fourth-order valence-electron chi connectivity index (χ4n) is 2.51. The van der Waals surface area contributed by atoms with Crippen LogP contribution in [0.2, 0.25) is 0 Å². The van der Waals surface area contributed by atoms with Gasteiger partial charge in [-0.2, -0.15) is 0 Å². The molecule has 0 saturated heterocycles. The van der Waals surface area contributed by atoms with Gasteiger partial charge in [-0.1, -0.05) is 38.5 Å². The second-order valence-corrected chi connectivity index (χ2v) is 8.26. The highest BCUT2D eigenvalue weighted by Crippen LogP contribution is 2.18. The predicted octanol–water partition coefficient (Wildman–Crippen LogP) is 3.92. The van der Waals surface area contributed by atoms with Gasteiger partial charge in [0, 0.05) is 24.8 Å². The number of amides is 1. The van der Waals surface area contributed by atoms with Crippen molar-refractivity contribution >= 4 is 21.6 Å². The molecule has 0 fully saturated rings. The molecule has 1 N–H and O–H groups in total. The van der Waals surface area contributed by atoms with Crippen LogP contribution in [0.15, 0.2) is 53.4 Å². The molecule has 1 amide bonds. The van der Waals surface area contributed by atoms with Gasteiger partial charge in [-0.3, -0.25) is 4.79 Å². The number of hydrogen-bond donors (Lipinski definition) is 1. The molecule has 0 radical (unpaired) electrons. The molecule has 0 atom stereocenters. The molecule has 0 unspecified atom stereocenters. The molecule has 5 nitrogen and oxygen atoms in total. The Morgan fingerprint density at radius 3 is 2.38 bits per heavy atom. The summed E-state index contributed by atoms with van der Waals surface area (Å²) in [6.45, 7) is 4.54. The van der Waals surface area contributed by atoms with Gasteiger partial charge in [0.15, 0.2) is 0 Å². The van der Waals surface area contributed by atoms with Crippen molar-refractivity contribution in [1.29, 1.82) is 0 Å². The molecule has 2 aromatic carbocycles. The van der Waals surface area contributed by atoms with Gasteiger partial charge in [0.05, 0.1) is 4.90 Å². The zero-order chi connectivity index (χ0) is 19.2. The number of carbonyl (C=O) groups is 1. The Bertz CT molecular complexity index is 846. The van der Waals surface area contributed by atoms with Crippen LogP contribution in [0.5, 0.6) is 0 Å². The zero-order valence-corrected chi connectivity index (χ0v) is 16.3. The molecule has 6 heteroatoms. The topological polar surface area (TPSA) is 66.5 Å². The Balaban J connectivity index is 2.18. The molecular formula is C20H26N2O3S. The van der Waals surface area contributed by atoms with Crippen molar-refractivity contribution in [2.24, 2.45) is 0 Å². The highest BCUT2D eigenvalue weighted by molar-refractivity contribution is 7.89. The molecule has 2 rings (SSSR count). The van der Waals surface area contributed by atoms with Crippen molar-refractivity contribution in [1.82, 2.24) is 4.31 Å². The first-order valence-electron chi connectivity index (χ1n) is 8.85. The molecule has 0 aliphatic carbocycles. The van der Waals surface area contributed by atoms with E-state index in [-0.39, 0.29) is 10.8 Å². The largest absolute Gasteiger partial charge is 0.322 e. The summed E-state index contributed by atoms with van der Waals surface area (Å²) in [6, 6.07) is 13.7. The smallest absolute Gasteiger partial charge is 0.255 e. The van der Waals surface area contributed by atoms with Gasteiger partial charge in [0.2, 0.25) is 10.0 Å². The standard InChI is InChI=1S/C20H26N2O3S/c1-4-6-14-22(3)26(24,25)19-9-7-8-17(15-19)20(23)21-18-12-10-16(5-2)11-13-18/h7-13,15H,4-6,14H2,1-3H3,(H,21,23). The average molecular weight is 375 g/mol. The molecule has 0 aliphatic rings. The number of hydrogen-bond acceptors (Lipinski definition) is 3. The first kappa shape index (κ1) is 20.1. The fourth-order valence-corrected chi connectivity index (χ4v) is 3.76. The molecule has 140 valence electrons. The Morgan fingerprint density at radius 2 is 1.77 bits per heavy atom. The summed E-state index contributed by atoms with van der Waals surface area (Å²) in [4.78, 5) is 12.6. The number of benzene rings is 2. The average Bonchev–Trinajstić information content (AvgIpc) is 2.66. The number of unbranched alkanes of at least 4 members (excludes halogenated alkanes) is 1. The lowest BCUT2D eigenvalue weighted by atomic mass is 10.1. The van der Waals surface area contributed by atoms with Crippen molar-refractivity contribution in [3.8, 4) is 0 Å². The van der Waals surface area contributed by atoms with E-state index in [2.05, 4.69) is 12.2 Å². The van der Waals surface area contributed by atoms with Crippen molar-refractivity contribution in [3.63, 3.8) is 0 Å². The van der Waals surface area contributed by atoms with E-state index in [1.807, 2.05) is 31.2 Å². The van der Waals surface area contributed by atoms with Crippen LogP contribution in [0, 0.1) is 0 Å². The van der Waals surface area contributed by atoms with Crippen molar-refractivity contribution in [3.05, 3.63) is 59.7 Å². The van der Waals surface area contributed by atoms with E-state index in [4.69, 9.17) is 0 Å². The SMILES string of the molecule is CCCCN(C)S(=O)(=O)c1cccc(C(=O)Nc2ccc(CC)cc2)c1. The molecule has 0 saturated carbocycles. The van der Waals surface area contributed by atoms with Gasteiger partial charge in [-0.05, 0) is 48.7 Å². The van der Waals surface area contributed by atoms with Crippen LogP contribution in [-0.4, -0.2) is 32.2 Å². The van der Waals surface area contributed by atoms with Crippen LogP contribution >= 0.6 is 0 Å². The van der Waals surface area contributed by atoms with Crippen LogP contribution in [0.3, 0.4) is 0 Å². The summed E-state index contributed by atoms with van der Waals surface area (Å²) in [6.07, 6.45) is 2.64. The summed E-state index contributed by atoms with van der Waals surface area (Å²) in [5.41, 5.74) is 2.18. The van der Waals surface area contributed by atoms with Gasteiger partial charge in [-0.25, -0.2) is 12.7 Å². The maximum Gasteiger partial charge on any atom is 0.255 e. The number of nitrogens with zero attached hydrogens (tertiary/aromatic N) is 1. The zero-order valence-electron chi connectivity index (χ0n) is 15.5. The van der Waals surface area contributed by atoms with Gasteiger partial charge in [-0.15, -0.1) is 0 Å². The van der Waals surface area contributed by atoms with Crippen molar-refractivity contribution < 1.29 is 13.2 Å². The van der Waals surface area contributed by atoms with Crippen LogP contribution in [0.25, 0.3) is 0 Å². The third-order valence-corrected chi connectivity index (χ3v) is 6.10. The second kappa shape index (κ2) is 8.96. The Morgan fingerprint density at radius 1 is 1.08 bits per heavy atom. The van der Waals surface area contributed by atoms with Crippen LogP contribution in [0.1, 0.15) is 42.6 Å². The minimum absolute atomic E-state index is 0.130. The lowest BCUT2D eigenvalue weighted by Crippen LogP contribution is -2.28. The van der Waals surface area contributed by atoms with Crippen LogP contribution in [0.4, 0.5) is 5.69 Å². The highest BCUT2D eigenvalue weighted by atomic mass is 32.2. The Kier molecular flexibility index (Phi) is 6.94. The first-order valence-corrected chi connectivity index (χ1v) is 10.3. The molecular weight excluding hydrogens is 348 g/mol. The molecule has 26 heavy (non-hydrogen) atoms. The summed E-state index contributed by atoms with van der Waals surface area (Å²) in [5.74, 6) is -0.331. The van der Waals surface area contributed by atoms with E-state index in [0.717, 1.165) is 19.3 Å². The van der Waals surface area contributed by atoms with Gasteiger partial charge >= 0.3 is 0 Å². The third kappa shape index (κ3) is 4.93. The van der Waals surface area contributed by atoms with Gasteiger partial charge < -0.3 is 5.32 Å². The normalized spacial score (nSPS) is 11.5. The van der Waals surface area contributed by atoms with Gasteiger partial charge in [0.25, 0.3) is 5.91 Å². The van der Waals surface area contributed by atoms with Crippen molar-refractivity contribution in [2.45, 2.75) is 38.0 Å². The number of anilines is 1. The maximum atomic E-state index is 12.6. The first-order chi connectivity index (χ1) is 12.4. The monoisotopic (exact) mass is 374 g/mol. The number of rotatable bonds is 8. The number of aryl methyl sites for hydroxylation is 1. The Labute approximate surface area is 156 Å². The highest BCUT2D eigenvalue weighted by Gasteiger charge is 2.21. The fraction of sp³-hybridized carbons (Fsp3) is 0.350. The Hall–Kier alpha value is -2.18. The molecule has 0 spiro atoms. The molecule has 0 aromatic heterocycles. The summed E-state index contributed by atoms with van der Waals surface area (Å²) in [7, 11) is -2.03. The van der Waals surface area contributed by atoms with E-state index in [1.165, 1.54) is 22.0 Å². The van der Waals surface area contributed by atoms with E-state index in [0.29, 0.717) is 17.8 Å². The number of sulfonamides is 1. The predicted molar refractivity (Wildman–Crippen MR) is 105 cm³/mol. The van der Waals surface area contributed by atoms with E-state index >= 15 is 0 Å². The quantitative estimate of drug-likeness (QED) is 0.761. The summed E-state index contributed by atoms with van der Waals surface area (Å²) < 4.78 is 26.6. The minimum Gasteiger partial charge on any atom is -0.322 e. The molecule has 0 bridgehead atoms. The summed E-state index contributed by atoms with van der Waals surface area (Å²) >= 11 is 0. The van der Waals surface area contributed by atoms with E-state index < -0.39 is 10.0 Å². The number of carbonyl (C=O) groups excluding carboxylic acids is 1. The minimum atomic E-state index is -3.60. The van der Waals surface area contributed by atoms with Gasteiger partial charge in [0.1, 0.15) is 0 Å². The summed E-state index contributed by atoms with van der Waals surface area (Å²) in [5, 5.41) is 2.80. The second-order valence-electron chi connectivity index (χ2n) is 6.21. The molecule has 2 aromatic rings. The number of nitrogens with one attached hydrogen (secondary N) is 1. The molecule has 0 heterocycles. The lowest BCUT2D eigenvalue weighted by Gasteiger charge is -2.17. The van der Waals surface area contributed by atoms with E-state index in [1.54, 1.807) is 19.2 Å². The van der Waals surface area contributed by atoms with Crippen LogP contribution in [-0.2, 0) is 16.4 Å². The van der Waals surface area contributed by atoms with Crippen LogP contribution < -0.4 is 5.32 Å². The third-order valence-electron chi connectivity index (χ3n) is 4.25. The maximum absolute atomic E-state index is 12.6.